The molecular formula is C15H30INO2. The molecule has 0 fully saturated rings. The fraction of sp³-hybridized carbons (Fsp3) is 0.933. The van der Waals surface area contributed by atoms with Gasteiger partial charge in [-0.1, -0.05) is 86.8 Å². The molecule has 0 saturated carbocycles. The Labute approximate surface area is 132 Å². The summed E-state index contributed by atoms with van der Waals surface area (Å²) in [5, 5.41) is 8.33. The fourth-order valence-corrected chi connectivity index (χ4v) is 2.74. The number of carbonyl (C=O) groups is 1. The summed E-state index contributed by atoms with van der Waals surface area (Å²) in [5.41, 5.74) is 1.67. The average Bonchev–Trinajstić information content (AvgIpc) is 2.43. The lowest BCUT2D eigenvalue weighted by atomic mass is 10.0. The molecule has 19 heavy (non-hydrogen) atoms. The highest BCUT2D eigenvalue weighted by molar-refractivity contribution is 14.1. The second-order valence-corrected chi connectivity index (χ2v) is 6.30. The summed E-state index contributed by atoms with van der Waals surface area (Å²) >= 11 is 2.45. The molecule has 0 radical (unpaired) electrons. The Kier molecular flexibility index (Phi) is 16.4. The van der Waals surface area contributed by atoms with Gasteiger partial charge in [0.25, 0.3) is 0 Å². The summed E-state index contributed by atoms with van der Waals surface area (Å²) in [7, 11) is 0. The molecule has 0 aliphatic rings. The minimum atomic E-state index is -0.262. The first-order valence-corrected chi connectivity index (χ1v) is 9.32. The van der Waals surface area contributed by atoms with Crippen LogP contribution in [0, 0.1) is 0 Å². The lowest BCUT2D eigenvalue weighted by Gasteiger charge is -2.02. The molecule has 3 nitrogen and oxygen atoms in total. The van der Waals surface area contributed by atoms with Crippen LogP contribution in [0.3, 0.4) is 0 Å². The van der Waals surface area contributed by atoms with Gasteiger partial charge in [0.1, 0.15) is 0 Å². The number of hydrogen-bond donors (Lipinski definition) is 2. The Hall–Kier alpha value is 0.160. The quantitative estimate of drug-likeness (QED) is 0.146. The molecule has 0 heterocycles. The number of amides is 1. The van der Waals surface area contributed by atoms with Crippen molar-refractivity contribution in [1.82, 2.24) is 5.48 Å². The molecule has 0 rings (SSSR count). The molecule has 0 aromatic carbocycles. The van der Waals surface area contributed by atoms with E-state index in [2.05, 4.69) is 22.6 Å². The Balaban J connectivity index is 2.97. The molecule has 0 saturated heterocycles. The van der Waals surface area contributed by atoms with Gasteiger partial charge < -0.3 is 0 Å². The number of halogens is 1. The van der Waals surface area contributed by atoms with Crippen LogP contribution in [0.15, 0.2) is 0 Å². The van der Waals surface area contributed by atoms with Crippen molar-refractivity contribution in [2.45, 2.75) is 83.5 Å². The van der Waals surface area contributed by atoms with E-state index in [0.29, 0.717) is 6.42 Å². The number of carbonyl (C=O) groups excluding carboxylic acids is 1. The zero-order valence-corrected chi connectivity index (χ0v) is 14.3. The van der Waals surface area contributed by atoms with Crippen LogP contribution in [0.25, 0.3) is 0 Å². The molecule has 0 atom stereocenters. The van der Waals surface area contributed by atoms with Crippen molar-refractivity contribution in [3.05, 3.63) is 0 Å². The number of hydroxylamine groups is 1. The summed E-state index contributed by atoms with van der Waals surface area (Å²) in [6, 6.07) is 0. The van der Waals surface area contributed by atoms with Crippen molar-refractivity contribution < 1.29 is 10.0 Å². The van der Waals surface area contributed by atoms with Gasteiger partial charge in [0.15, 0.2) is 0 Å². The summed E-state index contributed by atoms with van der Waals surface area (Å²) in [5.74, 6) is -0.262. The number of alkyl halides is 1. The van der Waals surface area contributed by atoms with Gasteiger partial charge in [-0.25, -0.2) is 5.48 Å². The minimum absolute atomic E-state index is 0.262. The maximum Gasteiger partial charge on any atom is 0.243 e. The van der Waals surface area contributed by atoms with Crippen LogP contribution in [0.2, 0.25) is 0 Å². The highest BCUT2D eigenvalue weighted by atomic mass is 127. The van der Waals surface area contributed by atoms with Gasteiger partial charge in [-0.3, -0.25) is 10.0 Å². The third kappa shape index (κ3) is 16.1. The van der Waals surface area contributed by atoms with Crippen LogP contribution in [-0.2, 0) is 4.79 Å². The largest absolute Gasteiger partial charge is 0.289 e. The van der Waals surface area contributed by atoms with Crippen LogP contribution in [0.5, 0.6) is 0 Å². The predicted octanol–water partition coefficient (Wildman–Crippen LogP) is 5.00. The third-order valence-electron chi connectivity index (χ3n) is 3.41. The van der Waals surface area contributed by atoms with Crippen molar-refractivity contribution in [3.8, 4) is 0 Å². The smallest absolute Gasteiger partial charge is 0.243 e. The molecule has 4 heteroatoms. The van der Waals surface area contributed by atoms with Crippen LogP contribution in [-0.4, -0.2) is 15.5 Å². The first-order valence-electron chi connectivity index (χ1n) is 7.80. The average molecular weight is 383 g/mol. The molecular weight excluding hydrogens is 353 g/mol. The zero-order valence-electron chi connectivity index (χ0n) is 12.1. The van der Waals surface area contributed by atoms with E-state index in [1.165, 1.54) is 68.6 Å². The van der Waals surface area contributed by atoms with E-state index >= 15 is 0 Å². The predicted molar refractivity (Wildman–Crippen MR) is 88.8 cm³/mol. The van der Waals surface area contributed by atoms with Crippen LogP contribution >= 0.6 is 22.6 Å². The number of rotatable bonds is 14. The van der Waals surface area contributed by atoms with E-state index in [4.69, 9.17) is 5.21 Å². The molecule has 0 spiro atoms. The Morgan fingerprint density at radius 1 is 0.737 bits per heavy atom. The monoisotopic (exact) mass is 383 g/mol. The summed E-state index contributed by atoms with van der Waals surface area (Å²) in [6.07, 6.45) is 16.0. The van der Waals surface area contributed by atoms with Crippen LogP contribution < -0.4 is 5.48 Å². The van der Waals surface area contributed by atoms with Crippen molar-refractivity contribution in [2.75, 3.05) is 4.43 Å². The van der Waals surface area contributed by atoms with Crippen molar-refractivity contribution in [2.24, 2.45) is 0 Å². The van der Waals surface area contributed by atoms with Crippen molar-refractivity contribution >= 4 is 28.5 Å². The van der Waals surface area contributed by atoms with E-state index in [0.717, 1.165) is 12.8 Å². The van der Waals surface area contributed by atoms with E-state index in [-0.39, 0.29) is 5.91 Å². The summed E-state index contributed by atoms with van der Waals surface area (Å²) in [4.78, 5) is 10.8. The first-order chi connectivity index (χ1) is 9.31. The maximum absolute atomic E-state index is 10.8. The van der Waals surface area contributed by atoms with Gasteiger partial charge in [-0.05, 0) is 17.3 Å². The van der Waals surface area contributed by atoms with Crippen LogP contribution in [0.1, 0.15) is 83.5 Å². The number of nitrogens with one attached hydrogen (secondary N) is 1. The Bertz CT molecular complexity index is 201. The van der Waals surface area contributed by atoms with Gasteiger partial charge in [-0.15, -0.1) is 0 Å². The molecule has 114 valence electrons. The second kappa shape index (κ2) is 16.2. The molecule has 2 N–H and O–H groups in total. The fourth-order valence-electron chi connectivity index (χ4n) is 2.20. The molecule has 0 aromatic heterocycles. The van der Waals surface area contributed by atoms with Gasteiger partial charge >= 0.3 is 0 Å². The molecule has 1 amide bonds. The standard InChI is InChI=1S/C15H30INO2/c16-14-12-10-8-6-4-2-1-3-5-7-9-11-13-15(18)17-19/h19H,1-14H2,(H,17,18). The van der Waals surface area contributed by atoms with Gasteiger partial charge in [0, 0.05) is 6.42 Å². The molecule has 0 aromatic rings. The molecule has 0 bridgehead atoms. The van der Waals surface area contributed by atoms with E-state index in [1.54, 1.807) is 5.48 Å². The lowest BCUT2D eigenvalue weighted by molar-refractivity contribution is -0.129. The Morgan fingerprint density at radius 2 is 1.11 bits per heavy atom. The number of unbranched alkanes of at least 4 members (excludes halogenated alkanes) is 11. The SMILES string of the molecule is O=C(CCCCCCCCCCCCCCI)NO. The van der Waals surface area contributed by atoms with E-state index < -0.39 is 0 Å². The highest BCUT2D eigenvalue weighted by Crippen LogP contribution is 2.12. The summed E-state index contributed by atoms with van der Waals surface area (Å²) < 4.78 is 1.30. The van der Waals surface area contributed by atoms with Gasteiger partial charge in [0.2, 0.25) is 5.91 Å². The van der Waals surface area contributed by atoms with Crippen molar-refractivity contribution in [3.63, 3.8) is 0 Å². The molecule has 0 aliphatic heterocycles. The topological polar surface area (TPSA) is 49.3 Å². The van der Waals surface area contributed by atoms with Gasteiger partial charge in [0.05, 0.1) is 0 Å². The highest BCUT2D eigenvalue weighted by Gasteiger charge is 1.98. The number of hydrogen-bond acceptors (Lipinski definition) is 2. The van der Waals surface area contributed by atoms with Gasteiger partial charge in [-0.2, -0.15) is 0 Å². The normalized spacial score (nSPS) is 10.6. The Morgan fingerprint density at radius 3 is 1.47 bits per heavy atom. The summed E-state index contributed by atoms with van der Waals surface area (Å²) in [6.45, 7) is 0. The zero-order chi connectivity index (χ0) is 14.2. The lowest BCUT2D eigenvalue weighted by Crippen LogP contribution is -2.17. The maximum atomic E-state index is 10.8. The minimum Gasteiger partial charge on any atom is -0.289 e. The van der Waals surface area contributed by atoms with Crippen molar-refractivity contribution in [1.29, 1.82) is 0 Å². The first kappa shape index (κ1) is 19.2. The van der Waals surface area contributed by atoms with Crippen LogP contribution in [0.4, 0.5) is 0 Å². The molecule has 0 aliphatic carbocycles. The van der Waals surface area contributed by atoms with E-state index in [1.807, 2.05) is 0 Å². The third-order valence-corrected chi connectivity index (χ3v) is 4.17. The van der Waals surface area contributed by atoms with E-state index in [9.17, 15) is 4.79 Å². The molecule has 0 unspecified atom stereocenters. The second-order valence-electron chi connectivity index (χ2n) is 5.22.